The Morgan fingerprint density at radius 3 is 2.43 bits per heavy atom. The zero-order valence-corrected chi connectivity index (χ0v) is 17.0. The van der Waals surface area contributed by atoms with Gasteiger partial charge < -0.3 is 10.4 Å². The van der Waals surface area contributed by atoms with E-state index in [9.17, 15) is 5.11 Å². The fraction of sp³-hybridized carbons (Fsp3) is 0.261. The highest BCUT2D eigenvalue weighted by atomic mass is 16.3. The number of aromatic nitrogens is 3. The summed E-state index contributed by atoms with van der Waals surface area (Å²) in [6.07, 6.45) is 7.37. The van der Waals surface area contributed by atoms with Crippen molar-refractivity contribution in [2.45, 2.75) is 40.2 Å². The average molecular weight is 374 g/mol. The molecule has 0 unspecified atom stereocenters. The maximum atomic E-state index is 10.1. The molecule has 0 aliphatic heterocycles. The number of aliphatic hydroxyl groups is 1. The summed E-state index contributed by atoms with van der Waals surface area (Å²) < 4.78 is 0. The van der Waals surface area contributed by atoms with Gasteiger partial charge in [-0.05, 0) is 64.0 Å². The van der Waals surface area contributed by atoms with Crippen LogP contribution in [-0.4, -0.2) is 20.1 Å². The first-order valence-electron chi connectivity index (χ1n) is 9.25. The Kier molecular flexibility index (Phi) is 5.29. The molecule has 2 heterocycles. The molecular weight excluding hydrogens is 348 g/mol. The van der Waals surface area contributed by atoms with E-state index in [0.717, 1.165) is 44.7 Å². The molecule has 0 atom stereocenters. The Hall–Kier alpha value is -3.05. The largest absolute Gasteiger partial charge is 0.382 e. The minimum Gasteiger partial charge on any atom is -0.382 e. The molecule has 0 radical (unpaired) electrons. The molecule has 0 amide bonds. The number of hydrogen-bond donors (Lipinski definition) is 2. The van der Waals surface area contributed by atoms with Gasteiger partial charge in [-0.25, -0.2) is 9.97 Å². The van der Waals surface area contributed by atoms with Crippen LogP contribution in [0.5, 0.6) is 0 Å². The van der Waals surface area contributed by atoms with E-state index in [4.69, 9.17) is 4.98 Å². The first-order chi connectivity index (χ1) is 13.2. The quantitative estimate of drug-likeness (QED) is 0.612. The maximum absolute atomic E-state index is 10.1. The van der Waals surface area contributed by atoms with Gasteiger partial charge in [0.25, 0.3) is 0 Å². The number of pyridine rings is 1. The number of nitrogens with one attached hydrogen (secondary N) is 1. The SMILES string of the molecule is C=C(/C=C\C)Nc1c(C)c(C)nc2ccc(-c3cnc(C(C)(C)O)nc3)cc12. The average Bonchev–Trinajstić information content (AvgIpc) is 2.65. The molecule has 0 bridgehead atoms. The molecule has 144 valence electrons. The lowest BCUT2D eigenvalue weighted by Gasteiger charge is -2.16. The molecule has 0 fully saturated rings. The second-order valence-electron chi connectivity index (χ2n) is 7.43. The van der Waals surface area contributed by atoms with Crippen LogP contribution in [0.4, 0.5) is 5.69 Å². The number of allylic oxidation sites excluding steroid dienone is 2. The van der Waals surface area contributed by atoms with Crippen LogP contribution < -0.4 is 5.32 Å². The number of fused-ring (bicyclic) bond motifs is 1. The number of hydrogen-bond acceptors (Lipinski definition) is 5. The van der Waals surface area contributed by atoms with Gasteiger partial charge in [-0.2, -0.15) is 0 Å². The predicted molar refractivity (Wildman–Crippen MR) is 115 cm³/mol. The van der Waals surface area contributed by atoms with E-state index in [1.54, 1.807) is 26.2 Å². The third kappa shape index (κ3) is 3.94. The highest BCUT2D eigenvalue weighted by Gasteiger charge is 2.19. The standard InChI is InChI=1S/C23H26N4O/c1-7-8-14(2)26-21-15(3)16(4)27-20-10-9-17(11-19(20)21)18-12-24-22(25-13-18)23(5,6)28/h7-13,28H,2H2,1,3-6H3,(H,26,27)/b8-7-. The minimum absolute atomic E-state index is 0.398. The summed E-state index contributed by atoms with van der Waals surface area (Å²) in [6.45, 7) is 13.4. The molecular formula is C23H26N4O. The topological polar surface area (TPSA) is 70.9 Å². The van der Waals surface area contributed by atoms with Crippen LogP contribution in [0.2, 0.25) is 0 Å². The number of rotatable bonds is 5. The van der Waals surface area contributed by atoms with Gasteiger partial charge in [0.2, 0.25) is 0 Å². The van der Waals surface area contributed by atoms with E-state index in [0.29, 0.717) is 5.82 Å². The highest BCUT2D eigenvalue weighted by Crippen LogP contribution is 2.32. The van der Waals surface area contributed by atoms with Crippen molar-refractivity contribution in [3.05, 3.63) is 72.1 Å². The van der Waals surface area contributed by atoms with E-state index >= 15 is 0 Å². The number of anilines is 1. The van der Waals surface area contributed by atoms with Crippen LogP contribution in [-0.2, 0) is 5.60 Å². The van der Waals surface area contributed by atoms with Crippen LogP contribution in [0.3, 0.4) is 0 Å². The first kappa shape index (κ1) is 19.7. The third-order valence-corrected chi connectivity index (χ3v) is 4.66. The smallest absolute Gasteiger partial charge is 0.159 e. The molecule has 5 heteroatoms. The summed E-state index contributed by atoms with van der Waals surface area (Å²) in [4.78, 5) is 13.4. The molecule has 28 heavy (non-hydrogen) atoms. The van der Waals surface area contributed by atoms with Gasteiger partial charge in [0, 0.05) is 34.7 Å². The lowest BCUT2D eigenvalue weighted by Crippen LogP contribution is -2.19. The highest BCUT2D eigenvalue weighted by molar-refractivity contribution is 5.96. The summed E-state index contributed by atoms with van der Waals surface area (Å²) in [5, 5.41) is 14.5. The van der Waals surface area contributed by atoms with Crippen molar-refractivity contribution in [3.63, 3.8) is 0 Å². The van der Waals surface area contributed by atoms with Crippen LogP contribution in [0.15, 0.2) is 55.0 Å². The molecule has 1 aromatic carbocycles. The molecule has 2 aromatic heterocycles. The van der Waals surface area contributed by atoms with Gasteiger partial charge in [0.05, 0.1) is 11.2 Å². The lowest BCUT2D eigenvalue weighted by molar-refractivity contribution is 0.0687. The van der Waals surface area contributed by atoms with Gasteiger partial charge >= 0.3 is 0 Å². The molecule has 3 aromatic rings. The van der Waals surface area contributed by atoms with Gasteiger partial charge in [-0.15, -0.1) is 0 Å². The zero-order valence-electron chi connectivity index (χ0n) is 17.0. The van der Waals surface area contributed by atoms with E-state index < -0.39 is 5.60 Å². The van der Waals surface area contributed by atoms with Crippen molar-refractivity contribution in [1.82, 2.24) is 15.0 Å². The Labute approximate surface area is 165 Å². The van der Waals surface area contributed by atoms with Gasteiger partial charge in [0.1, 0.15) is 5.60 Å². The second kappa shape index (κ2) is 7.52. The van der Waals surface area contributed by atoms with E-state index in [1.165, 1.54) is 0 Å². The van der Waals surface area contributed by atoms with E-state index in [2.05, 4.69) is 34.9 Å². The molecule has 3 rings (SSSR count). The summed E-state index contributed by atoms with van der Waals surface area (Å²) in [6, 6.07) is 6.10. The Morgan fingerprint density at radius 2 is 1.82 bits per heavy atom. The summed E-state index contributed by atoms with van der Waals surface area (Å²) >= 11 is 0. The Balaban J connectivity index is 2.11. The first-order valence-corrected chi connectivity index (χ1v) is 9.25. The van der Waals surface area contributed by atoms with Crippen molar-refractivity contribution < 1.29 is 5.11 Å². The fourth-order valence-corrected chi connectivity index (χ4v) is 3.02. The molecule has 5 nitrogen and oxygen atoms in total. The molecule has 0 spiro atoms. The number of aryl methyl sites for hydroxylation is 1. The summed E-state index contributed by atoms with van der Waals surface area (Å²) in [5.74, 6) is 0.398. The van der Waals surface area contributed by atoms with E-state index in [-0.39, 0.29) is 0 Å². The zero-order chi connectivity index (χ0) is 20.5. The van der Waals surface area contributed by atoms with Gasteiger partial charge in [-0.1, -0.05) is 18.7 Å². The predicted octanol–water partition coefficient (Wildman–Crippen LogP) is 5.04. The molecule has 0 aliphatic carbocycles. The van der Waals surface area contributed by atoms with Crippen molar-refractivity contribution in [2.24, 2.45) is 0 Å². The van der Waals surface area contributed by atoms with Crippen molar-refractivity contribution in [1.29, 1.82) is 0 Å². The summed E-state index contributed by atoms with van der Waals surface area (Å²) in [7, 11) is 0. The normalized spacial score (nSPS) is 11.9. The second-order valence-corrected chi connectivity index (χ2v) is 7.43. The molecule has 0 saturated heterocycles. The molecule has 2 N–H and O–H groups in total. The van der Waals surface area contributed by atoms with Gasteiger partial charge in [-0.3, -0.25) is 4.98 Å². The van der Waals surface area contributed by atoms with Crippen LogP contribution in [0.25, 0.3) is 22.0 Å². The number of benzene rings is 1. The fourth-order valence-electron chi connectivity index (χ4n) is 3.02. The minimum atomic E-state index is -1.06. The maximum Gasteiger partial charge on any atom is 0.159 e. The van der Waals surface area contributed by atoms with Crippen LogP contribution >= 0.6 is 0 Å². The molecule has 0 saturated carbocycles. The Morgan fingerprint density at radius 1 is 1.14 bits per heavy atom. The Bertz CT molecular complexity index is 1060. The van der Waals surface area contributed by atoms with Crippen molar-refractivity contribution >= 4 is 16.6 Å². The monoisotopic (exact) mass is 374 g/mol. The van der Waals surface area contributed by atoms with Gasteiger partial charge in [0.15, 0.2) is 5.82 Å². The van der Waals surface area contributed by atoms with Crippen LogP contribution in [0.1, 0.15) is 37.9 Å². The van der Waals surface area contributed by atoms with Crippen LogP contribution in [0, 0.1) is 13.8 Å². The van der Waals surface area contributed by atoms with Crippen molar-refractivity contribution in [2.75, 3.05) is 5.32 Å². The third-order valence-electron chi connectivity index (χ3n) is 4.66. The van der Waals surface area contributed by atoms with E-state index in [1.807, 2.05) is 38.1 Å². The van der Waals surface area contributed by atoms with Crippen molar-refractivity contribution in [3.8, 4) is 11.1 Å². The number of nitrogens with zero attached hydrogens (tertiary/aromatic N) is 3. The lowest BCUT2D eigenvalue weighted by atomic mass is 10.0. The summed E-state index contributed by atoms with van der Waals surface area (Å²) in [5.41, 5.74) is 5.60. The molecule has 0 aliphatic rings.